The summed E-state index contributed by atoms with van der Waals surface area (Å²) in [6, 6.07) is 6.44. The van der Waals surface area contributed by atoms with Crippen molar-refractivity contribution in [3.05, 3.63) is 29.8 Å². The van der Waals surface area contributed by atoms with Crippen LogP contribution in [0.4, 0.5) is 5.69 Å². The largest absolute Gasteiger partial charge is 0.480 e. The van der Waals surface area contributed by atoms with E-state index in [4.69, 9.17) is 5.11 Å². The zero-order chi connectivity index (χ0) is 14.7. The zero-order valence-corrected chi connectivity index (χ0v) is 11.1. The molecule has 0 saturated heterocycles. The highest BCUT2D eigenvalue weighted by atomic mass is 16.4. The average molecular weight is 276 g/mol. The molecule has 0 radical (unpaired) electrons. The standard InChI is InChI=1S/C14H16N2O4/c1-9(14(19)20)15-12(17)8-16-11-5-3-2-4-10(11)6-7-13(16)18/h2-5,9H,6-8H2,1H3,(H,15,17)(H,19,20)/t9-/m1/s1. The molecule has 2 amide bonds. The number of carboxylic acids is 1. The van der Waals surface area contributed by atoms with Gasteiger partial charge in [0.2, 0.25) is 11.8 Å². The summed E-state index contributed by atoms with van der Waals surface area (Å²) >= 11 is 0. The van der Waals surface area contributed by atoms with Gasteiger partial charge in [-0.05, 0) is 25.0 Å². The fourth-order valence-corrected chi connectivity index (χ4v) is 2.16. The van der Waals surface area contributed by atoms with E-state index in [2.05, 4.69) is 5.32 Å². The Bertz CT molecular complexity index is 556. The van der Waals surface area contributed by atoms with E-state index in [0.29, 0.717) is 12.8 Å². The van der Waals surface area contributed by atoms with E-state index in [1.165, 1.54) is 11.8 Å². The van der Waals surface area contributed by atoms with Gasteiger partial charge in [0, 0.05) is 12.1 Å². The van der Waals surface area contributed by atoms with Crippen molar-refractivity contribution in [2.75, 3.05) is 11.4 Å². The number of carbonyl (C=O) groups excluding carboxylic acids is 2. The van der Waals surface area contributed by atoms with E-state index in [1.807, 2.05) is 18.2 Å². The van der Waals surface area contributed by atoms with Gasteiger partial charge in [-0.2, -0.15) is 0 Å². The molecule has 2 N–H and O–H groups in total. The molecular formula is C14H16N2O4. The van der Waals surface area contributed by atoms with Crippen molar-refractivity contribution in [3.63, 3.8) is 0 Å². The number of fused-ring (bicyclic) bond motifs is 1. The second kappa shape index (κ2) is 5.73. The monoisotopic (exact) mass is 276 g/mol. The summed E-state index contributed by atoms with van der Waals surface area (Å²) in [5, 5.41) is 11.1. The summed E-state index contributed by atoms with van der Waals surface area (Å²) in [5.74, 6) is -1.71. The topological polar surface area (TPSA) is 86.7 Å². The Balaban J connectivity index is 2.11. The van der Waals surface area contributed by atoms with E-state index < -0.39 is 17.9 Å². The normalized spacial score (nSPS) is 15.4. The maximum Gasteiger partial charge on any atom is 0.325 e. The molecule has 20 heavy (non-hydrogen) atoms. The molecule has 0 aliphatic carbocycles. The lowest BCUT2D eigenvalue weighted by molar-refractivity contribution is -0.141. The Hall–Kier alpha value is -2.37. The molecule has 1 aromatic carbocycles. The highest BCUT2D eigenvalue weighted by Gasteiger charge is 2.26. The lowest BCUT2D eigenvalue weighted by atomic mass is 10.0. The second-order valence-corrected chi connectivity index (χ2v) is 4.74. The van der Waals surface area contributed by atoms with E-state index in [9.17, 15) is 14.4 Å². The number of nitrogens with one attached hydrogen (secondary N) is 1. The number of hydrogen-bond donors (Lipinski definition) is 2. The Kier molecular flexibility index (Phi) is 4.02. The SMILES string of the molecule is C[C@@H](NC(=O)CN1C(=O)CCc2ccccc21)C(=O)O. The zero-order valence-electron chi connectivity index (χ0n) is 11.1. The van der Waals surface area contributed by atoms with Crippen molar-refractivity contribution in [1.29, 1.82) is 0 Å². The van der Waals surface area contributed by atoms with Gasteiger partial charge in [0.1, 0.15) is 12.6 Å². The summed E-state index contributed by atoms with van der Waals surface area (Å²) in [7, 11) is 0. The minimum Gasteiger partial charge on any atom is -0.480 e. The van der Waals surface area contributed by atoms with Gasteiger partial charge >= 0.3 is 5.97 Å². The van der Waals surface area contributed by atoms with Crippen molar-refractivity contribution in [3.8, 4) is 0 Å². The highest BCUT2D eigenvalue weighted by Crippen LogP contribution is 2.26. The summed E-state index contributed by atoms with van der Waals surface area (Å²) in [4.78, 5) is 35.9. The summed E-state index contributed by atoms with van der Waals surface area (Å²) in [5.41, 5.74) is 1.74. The van der Waals surface area contributed by atoms with Gasteiger partial charge in [-0.25, -0.2) is 0 Å². The van der Waals surface area contributed by atoms with Crippen LogP contribution >= 0.6 is 0 Å². The van der Waals surface area contributed by atoms with Crippen LogP contribution in [-0.4, -0.2) is 35.5 Å². The maximum absolute atomic E-state index is 11.9. The molecule has 0 fully saturated rings. The predicted molar refractivity (Wildman–Crippen MR) is 72.4 cm³/mol. The van der Waals surface area contributed by atoms with Crippen LogP contribution in [0.2, 0.25) is 0 Å². The maximum atomic E-state index is 11.9. The number of benzene rings is 1. The predicted octanol–water partition coefficient (Wildman–Crippen LogP) is 0.555. The number of hydrogen-bond acceptors (Lipinski definition) is 3. The first kappa shape index (κ1) is 14.0. The van der Waals surface area contributed by atoms with Crippen LogP contribution in [0.1, 0.15) is 18.9 Å². The van der Waals surface area contributed by atoms with Crippen molar-refractivity contribution in [2.45, 2.75) is 25.8 Å². The number of amides is 2. The van der Waals surface area contributed by atoms with Gasteiger partial charge in [0.25, 0.3) is 0 Å². The smallest absolute Gasteiger partial charge is 0.325 e. The minimum absolute atomic E-state index is 0.123. The number of aryl methyl sites for hydroxylation is 1. The first-order valence-electron chi connectivity index (χ1n) is 6.39. The molecule has 1 aliphatic heterocycles. The molecular weight excluding hydrogens is 260 g/mol. The quantitative estimate of drug-likeness (QED) is 0.841. The van der Waals surface area contributed by atoms with E-state index >= 15 is 0 Å². The summed E-state index contributed by atoms with van der Waals surface area (Å²) in [6.07, 6.45) is 1.03. The van der Waals surface area contributed by atoms with Gasteiger partial charge in [-0.1, -0.05) is 18.2 Å². The summed E-state index contributed by atoms with van der Waals surface area (Å²) in [6.45, 7) is 1.22. The molecule has 1 aromatic rings. The third-order valence-corrected chi connectivity index (χ3v) is 3.24. The highest BCUT2D eigenvalue weighted by molar-refractivity contribution is 6.01. The van der Waals surface area contributed by atoms with Crippen LogP contribution in [-0.2, 0) is 20.8 Å². The first-order chi connectivity index (χ1) is 9.49. The Morgan fingerprint density at radius 2 is 2.05 bits per heavy atom. The molecule has 1 aliphatic rings. The molecule has 0 unspecified atom stereocenters. The van der Waals surface area contributed by atoms with Crippen LogP contribution in [0.3, 0.4) is 0 Å². The van der Waals surface area contributed by atoms with Gasteiger partial charge in [0.05, 0.1) is 0 Å². The fourth-order valence-electron chi connectivity index (χ4n) is 2.16. The van der Waals surface area contributed by atoms with Gasteiger partial charge in [0.15, 0.2) is 0 Å². The van der Waals surface area contributed by atoms with Gasteiger partial charge < -0.3 is 15.3 Å². The molecule has 106 valence electrons. The molecule has 1 heterocycles. The molecule has 0 bridgehead atoms. The molecule has 1 atom stereocenters. The van der Waals surface area contributed by atoms with Crippen molar-refractivity contribution in [1.82, 2.24) is 5.32 Å². The lowest BCUT2D eigenvalue weighted by Crippen LogP contribution is -2.47. The third-order valence-electron chi connectivity index (χ3n) is 3.24. The van der Waals surface area contributed by atoms with E-state index in [1.54, 1.807) is 6.07 Å². The summed E-state index contributed by atoms with van der Waals surface area (Å²) < 4.78 is 0. The number of carboxylic acid groups (broad SMARTS) is 1. The van der Waals surface area contributed by atoms with Crippen molar-refractivity contribution in [2.24, 2.45) is 0 Å². The van der Waals surface area contributed by atoms with Gasteiger partial charge in [-0.3, -0.25) is 14.4 Å². The number of aliphatic carboxylic acids is 1. The number of rotatable bonds is 4. The Labute approximate surface area is 116 Å². The number of anilines is 1. The van der Waals surface area contributed by atoms with Crippen LogP contribution in [0.25, 0.3) is 0 Å². The average Bonchev–Trinajstić information content (AvgIpc) is 2.42. The number of nitrogens with zero attached hydrogens (tertiary/aromatic N) is 1. The van der Waals surface area contributed by atoms with Crippen LogP contribution in [0.15, 0.2) is 24.3 Å². The fraction of sp³-hybridized carbons (Fsp3) is 0.357. The molecule has 0 saturated carbocycles. The Morgan fingerprint density at radius 3 is 2.75 bits per heavy atom. The van der Waals surface area contributed by atoms with Crippen molar-refractivity contribution >= 4 is 23.5 Å². The second-order valence-electron chi connectivity index (χ2n) is 4.74. The van der Waals surface area contributed by atoms with Crippen LogP contribution in [0.5, 0.6) is 0 Å². The molecule has 0 spiro atoms. The third kappa shape index (κ3) is 2.96. The minimum atomic E-state index is -1.11. The van der Waals surface area contributed by atoms with Gasteiger partial charge in [-0.15, -0.1) is 0 Å². The first-order valence-corrected chi connectivity index (χ1v) is 6.39. The van der Waals surface area contributed by atoms with Crippen LogP contribution < -0.4 is 10.2 Å². The van der Waals surface area contributed by atoms with E-state index in [-0.39, 0.29) is 12.5 Å². The van der Waals surface area contributed by atoms with Crippen molar-refractivity contribution < 1.29 is 19.5 Å². The number of carbonyl (C=O) groups is 3. The lowest BCUT2D eigenvalue weighted by Gasteiger charge is -2.29. The van der Waals surface area contributed by atoms with E-state index in [0.717, 1.165) is 11.3 Å². The Morgan fingerprint density at radius 1 is 1.35 bits per heavy atom. The molecule has 6 heteroatoms. The number of para-hydroxylation sites is 1. The molecule has 6 nitrogen and oxygen atoms in total. The van der Waals surface area contributed by atoms with Crippen LogP contribution in [0, 0.1) is 0 Å². The molecule has 0 aromatic heterocycles. The molecule has 2 rings (SSSR count).